The Balaban J connectivity index is 1.58. The van der Waals surface area contributed by atoms with Crippen molar-refractivity contribution >= 4 is 0 Å². The zero-order valence-electron chi connectivity index (χ0n) is 15.8. The lowest BCUT2D eigenvalue weighted by atomic mass is 9.77. The van der Waals surface area contributed by atoms with Gasteiger partial charge in [0.1, 0.15) is 5.75 Å². The highest BCUT2D eigenvalue weighted by atomic mass is 19.3. The molecule has 3 rings (SSSR count). The summed E-state index contributed by atoms with van der Waals surface area (Å²) in [6.07, 6.45) is 7.96. The van der Waals surface area contributed by atoms with E-state index in [9.17, 15) is 8.78 Å². The normalized spacial score (nSPS) is 19.4. The first-order valence-electron chi connectivity index (χ1n) is 9.81. The van der Waals surface area contributed by atoms with Gasteiger partial charge in [-0.05, 0) is 79.5 Å². The summed E-state index contributed by atoms with van der Waals surface area (Å²) in [5.74, 6) is 7.96. The molecule has 0 bridgehead atoms. The number of halogens is 2. The summed E-state index contributed by atoms with van der Waals surface area (Å²) in [6, 6.07) is 15.0. The van der Waals surface area contributed by atoms with E-state index in [-0.39, 0.29) is 5.75 Å². The maximum absolute atomic E-state index is 12.2. The molecule has 0 atom stereocenters. The summed E-state index contributed by atoms with van der Waals surface area (Å²) in [5.41, 5.74) is 3.16. The molecule has 0 N–H and O–H groups in total. The highest BCUT2D eigenvalue weighted by Crippen LogP contribution is 2.37. The predicted octanol–water partition coefficient (Wildman–Crippen LogP) is 6.76. The van der Waals surface area contributed by atoms with Crippen LogP contribution in [-0.2, 0) is 0 Å². The van der Waals surface area contributed by atoms with Crippen LogP contribution in [0.25, 0.3) is 0 Å². The Morgan fingerprint density at radius 2 is 1.44 bits per heavy atom. The zero-order valence-corrected chi connectivity index (χ0v) is 15.8. The topological polar surface area (TPSA) is 9.23 Å². The van der Waals surface area contributed by atoms with Crippen LogP contribution in [0, 0.1) is 17.8 Å². The predicted molar refractivity (Wildman–Crippen MR) is 105 cm³/mol. The minimum Gasteiger partial charge on any atom is -0.435 e. The maximum atomic E-state index is 12.2. The highest BCUT2D eigenvalue weighted by Gasteiger charge is 2.21. The smallest absolute Gasteiger partial charge is 0.387 e. The van der Waals surface area contributed by atoms with E-state index in [1.165, 1.54) is 56.2 Å². The molecule has 1 nitrogen and oxygen atoms in total. The van der Waals surface area contributed by atoms with Gasteiger partial charge < -0.3 is 4.74 Å². The molecule has 0 saturated heterocycles. The Morgan fingerprint density at radius 1 is 0.889 bits per heavy atom. The van der Waals surface area contributed by atoms with Gasteiger partial charge in [0.15, 0.2) is 0 Å². The molecule has 1 aliphatic rings. The number of alkyl halides is 2. The van der Waals surface area contributed by atoms with Crippen molar-refractivity contribution in [3.63, 3.8) is 0 Å². The third-order valence-electron chi connectivity index (χ3n) is 5.36. The molecule has 0 unspecified atom stereocenters. The summed E-state index contributed by atoms with van der Waals surface area (Å²) < 4.78 is 28.7. The fourth-order valence-electron chi connectivity index (χ4n) is 3.90. The van der Waals surface area contributed by atoms with Gasteiger partial charge >= 0.3 is 6.61 Å². The van der Waals surface area contributed by atoms with E-state index in [0.717, 1.165) is 17.0 Å². The van der Waals surface area contributed by atoms with E-state index in [0.29, 0.717) is 5.92 Å². The van der Waals surface area contributed by atoms with Crippen LogP contribution >= 0.6 is 0 Å². The average molecular weight is 368 g/mol. The molecule has 1 aliphatic carbocycles. The van der Waals surface area contributed by atoms with Gasteiger partial charge in [-0.15, -0.1) is 0 Å². The van der Waals surface area contributed by atoms with Crippen LogP contribution in [0.4, 0.5) is 8.78 Å². The van der Waals surface area contributed by atoms with Gasteiger partial charge in [0.2, 0.25) is 0 Å². The number of ether oxygens (including phenoxy) is 1. The first kappa shape index (κ1) is 19.4. The summed E-state index contributed by atoms with van der Waals surface area (Å²) >= 11 is 0. The molecular weight excluding hydrogens is 342 g/mol. The number of rotatable bonds is 5. The number of hydrogen-bond donors (Lipinski definition) is 0. The summed E-state index contributed by atoms with van der Waals surface area (Å²) in [4.78, 5) is 0. The van der Waals surface area contributed by atoms with Gasteiger partial charge in [-0.25, -0.2) is 0 Å². The van der Waals surface area contributed by atoms with Crippen LogP contribution in [0.5, 0.6) is 5.75 Å². The molecule has 3 heteroatoms. The summed E-state index contributed by atoms with van der Waals surface area (Å²) in [7, 11) is 0. The summed E-state index contributed by atoms with van der Waals surface area (Å²) in [6.45, 7) is -0.528. The van der Waals surface area contributed by atoms with Crippen molar-refractivity contribution < 1.29 is 13.5 Å². The molecular formula is C24H26F2O. The van der Waals surface area contributed by atoms with Crippen molar-refractivity contribution in [3.05, 3.63) is 65.2 Å². The van der Waals surface area contributed by atoms with Crippen LogP contribution in [0.15, 0.2) is 48.5 Å². The van der Waals surface area contributed by atoms with Gasteiger partial charge in [0.05, 0.1) is 0 Å². The average Bonchev–Trinajstić information content (AvgIpc) is 2.68. The van der Waals surface area contributed by atoms with E-state index in [1.807, 2.05) is 0 Å². The van der Waals surface area contributed by atoms with Crippen LogP contribution < -0.4 is 4.74 Å². The SMILES string of the molecule is CCCC1CCC(c2ccc(C#Cc3ccc(OC(F)F)cc3)cc2)CC1. The van der Waals surface area contributed by atoms with Crippen molar-refractivity contribution in [3.8, 4) is 17.6 Å². The minimum absolute atomic E-state index is 0.147. The van der Waals surface area contributed by atoms with Crippen molar-refractivity contribution in [2.75, 3.05) is 0 Å². The molecule has 0 radical (unpaired) electrons. The third-order valence-corrected chi connectivity index (χ3v) is 5.36. The second kappa shape index (κ2) is 9.55. The molecule has 0 aliphatic heterocycles. The van der Waals surface area contributed by atoms with Crippen LogP contribution in [0.3, 0.4) is 0 Å². The molecule has 2 aromatic rings. The van der Waals surface area contributed by atoms with Gasteiger partial charge in [-0.1, -0.05) is 43.7 Å². The molecule has 0 spiro atoms. The lowest BCUT2D eigenvalue weighted by molar-refractivity contribution is -0.0498. The van der Waals surface area contributed by atoms with Crippen molar-refractivity contribution in [1.29, 1.82) is 0 Å². The number of hydrogen-bond acceptors (Lipinski definition) is 1. The van der Waals surface area contributed by atoms with E-state index >= 15 is 0 Å². The van der Waals surface area contributed by atoms with E-state index < -0.39 is 6.61 Å². The first-order chi connectivity index (χ1) is 13.1. The minimum atomic E-state index is -2.80. The second-order valence-electron chi connectivity index (χ2n) is 7.28. The van der Waals surface area contributed by atoms with Crippen molar-refractivity contribution in [2.24, 2.45) is 5.92 Å². The second-order valence-corrected chi connectivity index (χ2v) is 7.28. The van der Waals surface area contributed by atoms with Crippen LogP contribution in [-0.4, -0.2) is 6.61 Å². The highest BCUT2D eigenvalue weighted by molar-refractivity contribution is 5.45. The molecule has 0 amide bonds. The Bertz CT molecular complexity index is 761. The third kappa shape index (κ3) is 5.82. The Morgan fingerprint density at radius 3 is 1.96 bits per heavy atom. The van der Waals surface area contributed by atoms with Crippen molar-refractivity contribution in [1.82, 2.24) is 0 Å². The molecule has 0 aromatic heterocycles. The Kier molecular flexibility index (Phi) is 6.87. The van der Waals surface area contributed by atoms with Gasteiger partial charge in [0, 0.05) is 11.1 Å². The van der Waals surface area contributed by atoms with Crippen LogP contribution in [0.1, 0.15) is 68.1 Å². The Hall–Kier alpha value is -2.34. The summed E-state index contributed by atoms with van der Waals surface area (Å²) in [5, 5.41) is 0. The van der Waals surface area contributed by atoms with E-state index in [4.69, 9.17) is 0 Å². The molecule has 1 saturated carbocycles. The fraction of sp³-hybridized carbons (Fsp3) is 0.417. The lowest BCUT2D eigenvalue weighted by Crippen LogP contribution is -2.13. The molecule has 2 aromatic carbocycles. The van der Waals surface area contributed by atoms with E-state index in [2.05, 4.69) is 47.8 Å². The molecule has 1 fully saturated rings. The van der Waals surface area contributed by atoms with Gasteiger partial charge in [-0.3, -0.25) is 0 Å². The first-order valence-corrected chi connectivity index (χ1v) is 9.81. The largest absolute Gasteiger partial charge is 0.435 e. The van der Waals surface area contributed by atoms with Gasteiger partial charge in [0.25, 0.3) is 0 Å². The standard InChI is InChI=1S/C24H26F2O/c1-2-3-18-6-12-21(13-7-18)22-14-8-19(9-15-22)4-5-20-10-16-23(17-11-20)27-24(25)26/h8-11,14-18,21,24H,2-3,6-7,12-13H2,1H3. The number of benzene rings is 2. The lowest BCUT2D eigenvalue weighted by Gasteiger charge is -2.28. The van der Waals surface area contributed by atoms with Crippen molar-refractivity contribution in [2.45, 2.75) is 58.0 Å². The Labute approximate surface area is 160 Å². The molecule has 0 heterocycles. The van der Waals surface area contributed by atoms with Crippen LogP contribution in [0.2, 0.25) is 0 Å². The zero-order chi connectivity index (χ0) is 19.1. The molecule has 27 heavy (non-hydrogen) atoms. The molecule has 142 valence electrons. The quantitative estimate of drug-likeness (QED) is 0.530. The fourth-order valence-corrected chi connectivity index (χ4v) is 3.90. The maximum Gasteiger partial charge on any atom is 0.387 e. The van der Waals surface area contributed by atoms with Gasteiger partial charge in [-0.2, -0.15) is 8.78 Å². The van der Waals surface area contributed by atoms with E-state index in [1.54, 1.807) is 12.1 Å². The monoisotopic (exact) mass is 368 g/mol.